The van der Waals surface area contributed by atoms with E-state index in [1.54, 1.807) is 7.11 Å². The average Bonchev–Trinajstić information content (AvgIpc) is 2.80. The molecule has 96 valence electrons. The lowest BCUT2D eigenvalue weighted by Gasteiger charge is -2.32. The molecular weight excluding hydrogens is 218 g/mol. The molecular formula is C13H21NO3. The van der Waals surface area contributed by atoms with Crippen LogP contribution < -0.4 is 5.32 Å². The van der Waals surface area contributed by atoms with E-state index < -0.39 is 5.41 Å². The Bertz CT molecular complexity index is 351. The van der Waals surface area contributed by atoms with Gasteiger partial charge < -0.3 is 10.1 Å². The number of carbonyl (C=O) groups is 2. The lowest BCUT2D eigenvalue weighted by atomic mass is 9.70. The van der Waals surface area contributed by atoms with Crippen molar-refractivity contribution >= 4 is 11.7 Å². The fraction of sp³-hybridized carbons (Fsp3) is 0.846. The summed E-state index contributed by atoms with van der Waals surface area (Å²) in [6.45, 7) is 4.92. The molecule has 0 aliphatic heterocycles. The van der Waals surface area contributed by atoms with Crippen LogP contribution in [0.25, 0.3) is 0 Å². The summed E-state index contributed by atoms with van der Waals surface area (Å²) in [5.74, 6) is 0.423. The summed E-state index contributed by atoms with van der Waals surface area (Å²) in [6.07, 6.45) is 2.45. The normalized spacial score (nSPS) is 34.1. The maximum absolute atomic E-state index is 12.4. The lowest BCUT2D eigenvalue weighted by Crippen LogP contribution is -2.47. The zero-order chi connectivity index (χ0) is 12.7. The highest BCUT2D eigenvalue weighted by molar-refractivity contribution is 6.10. The van der Waals surface area contributed by atoms with Crippen molar-refractivity contribution in [3.05, 3.63) is 0 Å². The van der Waals surface area contributed by atoms with Gasteiger partial charge in [0, 0.05) is 19.1 Å². The molecule has 4 nitrogen and oxygen atoms in total. The number of fused-ring (bicyclic) bond motifs is 2. The van der Waals surface area contributed by atoms with Gasteiger partial charge in [0.25, 0.3) is 0 Å². The minimum Gasteiger partial charge on any atom is -0.383 e. The molecule has 0 aromatic rings. The number of hydrogen-bond donors (Lipinski definition) is 1. The molecule has 2 aliphatic rings. The van der Waals surface area contributed by atoms with Gasteiger partial charge >= 0.3 is 0 Å². The highest BCUT2D eigenvalue weighted by Gasteiger charge is 2.64. The molecule has 0 saturated heterocycles. The number of methoxy groups -OCH3 is 1. The van der Waals surface area contributed by atoms with Crippen LogP contribution in [0.3, 0.4) is 0 Å². The Morgan fingerprint density at radius 2 is 2.24 bits per heavy atom. The molecule has 0 radical (unpaired) electrons. The highest BCUT2D eigenvalue weighted by atomic mass is 16.5. The van der Waals surface area contributed by atoms with Gasteiger partial charge in [-0.15, -0.1) is 0 Å². The summed E-state index contributed by atoms with van der Waals surface area (Å²) in [5.41, 5.74) is -1.06. The summed E-state index contributed by atoms with van der Waals surface area (Å²) < 4.78 is 4.90. The fourth-order valence-corrected chi connectivity index (χ4v) is 3.41. The molecule has 0 aromatic carbocycles. The van der Waals surface area contributed by atoms with Crippen LogP contribution in [0.4, 0.5) is 0 Å². The van der Waals surface area contributed by atoms with E-state index in [4.69, 9.17) is 4.74 Å². The van der Waals surface area contributed by atoms with Crippen molar-refractivity contribution in [2.24, 2.45) is 16.7 Å². The second-order valence-corrected chi connectivity index (χ2v) is 5.82. The van der Waals surface area contributed by atoms with Crippen molar-refractivity contribution in [3.63, 3.8) is 0 Å². The van der Waals surface area contributed by atoms with E-state index in [-0.39, 0.29) is 17.1 Å². The maximum atomic E-state index is 12.4. The van der Waals surface area contributed by atoms with E-state index in [2.05, 4.69) is 5.32 Å². The molecule has 0 aromatic heterocycles. The number of hydrogen-bond acceptors (Lipinski definition) is 3. The number of Topliss-reactive ketones (excluding diaryl/α,β-unsaturated/α-hetero) is 1. The zero-order valence-corrected chi connectivity index (χ0v) is 10.8. The number of amides is 1. The van der Waals surface area contributed by atoms with Crippen LogP contribution >= 0.6 is 0 Å². The smallest absolute Gasteiger partial charge is 0.233 e. The van der Waals surface area contributed by atoms with E-state index in [1.807, 2.05) is 13.8 Å². The number of rotatable bonds is 4. The predicted octanol–water partition coefficient (Wildman–Crippen LogP) is 1.14. The lowest BCUT2D eigenvalue weighted by molar-refractivity contribution is -0.145. The van der Waals surface area contributed by atoms with Crippen LogP contribution in [0.2, 0.25) is 0 Å². The van der Waals surface area contributed by atoms with Crippen molar-refractivity contribution in [2.75, 3.05) is 20.3 Å². The number of ketones is 1. The van der Waals surface area contributed by atoms with Gasteiger partial charge in [0.15, 0.2) is 5.78 Å². The Labute approximate surface area is 102 Å². The van der Waals surface area contributed by atoms with Crippen LogP contribution in [-0.4, -0.2) is 32.0 Å². The molecule has 2 fully saturated rings. The molecule has 1 amide bonds. The quantitative estimate of drug-likeness (QED) is 0.591. The van der Waals surface area contributed by atoms with Gasteiger partial charge in [-0.1, -0.05) is 13.8 Å². The topological polar surface area (TPSA) is 55.4 Å². The van der Waals surface area contributed by atoms with Crippen molar-refractivity contribution < 1.29 is 14.3 Å². The molecule has 2 bridgehead atoms. The summed E-state index contributed by atoms with van der Waals surface area (Å²) in [7, 11) is 1.60. The summed E-state index contributed by atoms with van der Waals surface area (Å²) >= 11 is 0. The molecule has 2 rings (SSSR count). The third-order valence-corrected chi connectivity index (χ3v) is 4.58. The van der Waals surface area contributed by atoms with Crippen LogP contribution in [0.15, 0.2) is 0 Å². The third-order valence-electron chi connectivity index (χ3n) is 4.58. The number of nitrogens with one attached hydrogen (secondary N) is 1. The van der Waals surface area contributed by atoms with Gasteiger partial charge in [-0.05, 0) is 25.2 Å². The SMILES string of the molecule is COCCNC(=O)C12CCC(C1)C(C)(C)C2=O. The van der Waals surface area contributed by atoms with Crippen molar-refractivity contribution in [1.82, 2.24) is 5.32 Å². The molecule has 0 spiro atoms. The maximum Gasteiger partial charge on any atom is 0.233 e. The fourth-order valence-electron chi connectivity index (χ4n) is 3.41. The van der Waals surface area contributed by atoms with Crippen molar-refractivity contribution in [2.45, 2.75) is 33.1 Å². The van der Waals surface area contributed by atoms with Crippen molar-refractivity contribution in [3.8, 4) is 0 Å². The van der Waals surface area contributed by atoms with Gasteiger partial charge in [0.1, 0.15) is 5.41 Å². The molecule has 2 saturated carbocycles. The molecule has 0 heterocycles. The first-order chi connectivity index (χ1) is 7.95. The Morgan fingerprint density at radius 1 is 1.53 bits per heavy atom. The predicted molar refractivity (Wildman–Crippen MR) is 63.4 cm³/mol. The van der Waals surface area contributed by atoms with E-state index >= 15 is 0 Å². The first kappa shape index (κ1) is 12.6. The third kappa shape index (κ3) is 1.69. The van der Waals surface area contributed by atoms with Gasteiger partial charge in [0.2, 0.25) is 5.91 Å². The minimum absolute atomic E-state index is 0.0902. The Balaban J connectivity index is 2.10. The largest absolute Gasteiger partial charge is 0.383 e. The number of ether oxygens (including phenoxy) is 1. The zero-order valence-electron chi connectivity index (χ0n) is 10.8. The average molecular weight is 239 g/mol. The number of carbonyl (C=O) groups excluding carboxylic acids is 2. The van der Waals surface area contributed by atoms with Crippen LogP contribution in [0, 0.1) is 16.7 Å². The van der Waals surface area contributed by atoms with E-state index in [0.717, 1.165) is 19.3 Å². The van der Waals surface area contributed by atoms with Gasteiger partial charge in [0.05, 0.1) is 6.61 Å². The van der Waals surface area contributed by atoms with Gasteiger partial charge in [-0.25, -0.2) is 0 Å². The second-order valence-electron chi connectivity index (χ2n) is 5.82. The Morgan fingerprint density at radius 3 is 2.76 bits per heavy atom. The summed E-state index contributed by atoms with van der Waals surface area (Å²) in [5, 5.41) is 2.83. The first-order valence-electron chi connectivity index (χ1n) is 6.27. The monoisotopic (exact) mass is 239 g/mol. The molecule has 2 aliphatic carbocycles. The van der Waals surface area contributed by atoms with Gasteiger partial charge in [-0.2, -0.15) is 0 Å². The Kier molecular flexibility index (Phi) is 3.02. The molecule has 1 N–H and O–H groups in total. The van der Waals surface area contributed by atoms with Crippen molar-refractivity contribution in [1.29, 1.82) is 0 Å². The van der Waals surface area contributed by atoms with Crippen LogP contribution in [-0.2, 0) is 14.3 Å². The second kappa shape index (κ2) is 4.09. The van der Waals surface area contributed by atoms with E-state index in [1.165, 1.54) is 0 Å². The van der Waals surface area contributed by atoms with Crippen LogP contribution in [0.1, 0.15) is 33.1 Å². The highest BCUT2D eigenvalue weighted by Crippen LogP contribution is 2.60. The van der Waals surface area contributed by atoms with Gasteiger partial charge in [-0.3, -0.25) is 9.59 Å². The minimum atomic E-state index is -0.734. The molecule has 17 heavy (non-hydrogen) atoms. The summed E-state index contributed by atoms with van der Waals surface area (Å²) in [4.78, 5) is 24.6. The molecule has 2 atom stereocenters. The van der Waals surface area contributed by atoms with E-state index in [0.29, 0.717) is 19.1 Å². The molecule has 2 unspecified atom stereocenters. The van der Waals surface area contributed by atoms with E-state index in [9.17, 15) is 9.59 Å². The van der Waals surface area contributed by atoms with Crippen LogP contribution in [0.5, 0.6) is 0 Å². The molecule has 4 heteroatoms. The standard InChI is InChI=1S/C13H21NO3/c1-12(2)9-4-5-13(8-9,10(12)15)11(16)14-6-7-17-3/h9H,4-8H2,1-3H3,(H,14,16). The first-order valence-corrected chi connectivity index (χ1v) is 6.27. The summed E-state index contributed by atoms with van der Waals surface area (Å²) in [6, 6.07) is 0. The Hall–Kier alpha value is -0.900.